The lowest BCUT2D eigenvalue weighted by molar-refractivity contribution is -0.120. The van der Waals surface area contributed by atoms with E-state index in [1.807, 2.05) is 24.3 Å². The highest BCUT2D eigenvalue weighted by molar-refractivity contribution is 5.78. The summed E-state index contributed by atoms with van der Waals surface area (Å²) in [5, 5.41) is 2.89. The Morgan fingerprint density at radius 1 is 1.00 bits per heavy atom. The van der Waals surface area contributed by atoms with E-state index < -0.39 is 0 Å². The number of ether oxygens (including phenoxy) is 2. The predicted octanol–water partition coefficient (Wildman–Crippen LogP) is 3.35. The average Bonchev–Trinajstić information content (AvgIpc) is 2.60. The molecule has 0 radical (unpaired) electrons. The molecule has 0 saturated heterocycles. The Morgan fingerprint density at radius 3 is 2.33 bits per heavy atom. The van der Waals surface area contributed by atoms with Gasteiger partial charge in [-0.25, -0.2) is 4.39 Å². The SMILES string of the molecule is COc1ccc(CC(=O)NCCCCOc2ccc(F)cc2)cc1. The number of carbonyl (C=O) groups excluding carboxylic acids is 1. The lowest BCUT2D eigenvalue weighted by atomic mass is 10.1. The zero-order chi connectivity index (χ0) is 17.2. The normalized spacial score (nSPS) is 10.2. The fourth-order valence-corrected chi connectivity index (χ4v) is 2.17. The van der Waals surface area contributed by atoms with Crippen LogP contribution in [0.5, 0.6) is 11.5 Å². The highest BCUT2D eigenvalue weighted by Gasteiger charge is 2.03. The number of halogens is 1. The zero-order valence-corrected chi connectivity index (χ0v) is 13.8. The van der Waals surface area contributed by atoms with Crippen LogP contribution >= 0.6 is 0 Å². The number of benzene rings is 2. The molecule has 0 heterocycles. The predicted molar refractivity (Wildman–Crippen MR) is 90.8 cm³/mol. The molecule has 0 aliphatic heterocycles. The van der Waals surface area contributed by atoms with Crippen LogP contribution in [0.2, 0.25) is 0 Å². The molecular weight excluding hydrogens is 309 g/mol. The Hall–Kier alpha value is -2.56. The minimum absolute atomic E-state index is 0.000352. The second-order valence-corrected chi connectivity index (χ2v) is 5.38. The van der Waals surface area contributed by atoms with Gasteiger partial charge < -0.3 is 14.8 Å². The van der Waals surface area contributed by atoms with Gasteiger partial charge in [-0.2, -0.15) is 0 Å². The molecule has 5 heteroatoms. The van der Waals surface area contributed by atoms with Crippen LogP contribution in [0, 0.1) is 5.82 Å². The first-order valence-electron chi connectivity index (χ1n) is 7.95. The maximum absolute atomic E-state index is 12.7. The van der Waals surface area contributed by atoms with Crippen LogP contribution in [0.4, 0.5) is 4.39 Å². The minimum atomic E-state index is -0.276. The van der Waals surface area contributed by atoms with Crippen molar-refractivity contribution in [2.75, 3.05) is 20.3 Å². The molecule has 2 aromatic carbocycles. The maximum Gasteiger partial charge on any atom is 0.224 e. The van der Waals surface area contributed by atoms with Crippen molar-refractivity contribution in [1.82, 2.24) is 5.32 Å². The molecule has 1 N–H and O–H groups in total. The first-order valence-corrected chi connectivity index (χ1v) is 7.95. The number of hydrogen-bond acceptors (Lipinski definition) is 3. The van der Waals surface area contributed by atoms with Crippen LogP contribution in [0.1, 0.15) is 18.4 Å². The van der Waals surface area contributed by atoms with Crippen LogP contribution < -0.4 is 14.8 Å². The summed E-state index contributed by atoms with van der Waals surface area (Å²) in [5.74, 6) is 1.15. The molecule has 0 aliphatic rings. The van der Waals surface area contributed by atoms with Gasteiger partial charge in [-0.1, -0.05) is 12.1 Å². The van der Waals surface area contributed by atoms with Gasteiger partial charge in [-0.05, 0) is 54.8 Å². The smallest absolute Gasteiger partial charge is 0.224 e. The monoisotopic (exact) mass is 331 g/mol. The summed E-state index contributed by atoms with van der Waals surface area (Å²) in [4.78, 5) is 11.8. The molecule has 0 atom stereocenters. The van der Waals surface area contributed by atoms with Crippen LogP contribution in [0.25, 0.3) is 0 Å². The van der Waals surface area contributed by atoms with Crippen molar-refractivity contribution >= 4 is 5.91 Å². The maximum atomic E-state index is 12.7. The second-order valence-electron chi connectivity index (χ2n) is 5.38. The van der Waals surface area contributed by atoms with Crippen LogP contribution in [-0.2, 0) is 11.2 Å². The van der Waals surface area contributed by atoms with Gasteiger partial charge in [-0.15, -0.1) is 0 Å². The molecule has 2 aromatic rings. The molecular formula is C19H22FNO3. The summed E-state index contributed by atoms with van der Waals surface area (Å²) < 4.78 is 23.3. The lowest BCUT2D eigenvalue weighted by Crippen LogP contribution is -2.26. The molecule has 24 heavy (non-hydrogen) atoms. The average molecular weight is 331 g/mol. The molecule has 4 nitrogen and oxygen atoms in total. The van der Waals surface area contributed by atoms with Crippen LogP contribution in [0.3, 0.4) is 0 Å². The van der Waals surface area contributed by atoms with Crippen LogP contribution in [0.15, 0.2) is 48.5 Å². The van der Waals surface area contributed by atoms with E-state index in [0.717, 1.165) is 24.2 Å². The molecule has 0 fully saturated rings. The molecule has 0 spiro atoms. The molecule has 2 rings (SSSR count). The van der Waals surface area contributed by atoms with Crippen molar-refractivity contribution in [2.45, 2.75) is 19.3 Å². The summed E-state index contributed by atoms with van der Waals surface area (Å²) >= 11 is 0. The fourth-order valence-electron chi connectivity index (χ4n) is 2.17. The van der Waals surface area contributed by atoms with Crippen LogP contribution in [-0.4, -0.2) is 26.2 Å². The van der Waals surface area contributed by atoms with E-state index in [-0.39, 0.29) is 11.7 Å². The molecule has 0 aromatic heterocycles. The molecule has 1 amide bonds. The summed E-state index contributed by atoms with van der Waals surface area (Å²) in [6.07, 6.45) is 2.01. The van der Waals surface area contributed by atoms with Gasteiger partial charge in [0.05, 0.1) is 20.1 Å². The van der Waals surface area contributed by atoms with E-state index >= 15 is 0 Å². The van der Waals surface area contributed by atoms with E-state index in [9.17, 15) is 9.18 Å². The van der Waals surface area contributed by atoms with Gasteiger partial charge in [0.25, 0.3) is 0 Å². The van der Waals surface area contributed by atoms with E-state index in [0.29, 0.717) is 25.3 Å². The Balaban J connectivity index is 1.56. The van der Waals surface area contributed by atoms with Gasteiger partial charge in [0.2, 0.25) is 5.91 Å². The number of rotatable bonds is 9. The molecule has 0 saturated carbocycles. The number of methoxy groups -OCH3 is 1. The molecule has 0 aliphatic carbocycles. The van der Waals surface area contributed by atoms with Crippen molar-refractivity contribution < 1.29 is 18.7 Å². The third-order valence-corrected chi connectivity index (χ3v) is 3.50. The Morgan fingerprint density at radius 2 is 1.67 bits per heavy atom. The first kappa shape index (κ1) is 17.8. The van der Waals surface area contributed by atoms with E-state index in [4.69, 9.17) is 9.47 Å². The first-order chi connectivity index (χ1) is 11.7. The Kier molecular flexibility index (Phi) is 7.08. The van der Waals surface area contributed by atoms with Gasteiger partial charge in [0, 0.05) is 6.54 Å². The summed E-state index contributed by atoms with van der Waals surface area (Å²) in [7, 11) is 1.61. The number of unbranched alkanes of at least 4 members (excludes halogenated alkanes) is 1. The quantitative estimate of drug-likeness (QED) is 0.717. The summed E-state index contributed by atoms with van der Waals surface area (Å²) in [6.45, 7) is 1.15. The number of nitrogens with one attached hydrogen (secondary N) is 1. The molecule has 128 valence electrons. The van der Waals surface area contributed by atoms with Crippen molar-refractivity contribution in [3.8, 4) is 11.5 Å². The Labute approximate surface area is 141 Å². The third-order valence-electron chi connectivity index (χ3n) is 3.50. The zero-order valence-electron chi connectivity index (χ0n) is 13.8. The minimum Gasteiger partial charge on any atom is -0.497 e. The summed E-state index contributed by atoms with van der Waals surface area (Å²) in [5.41, 5.74) is 0.952. The topological polar surface area (TPSA) is 47.6 Å². The van der Waals surface area contributed by atoms with Gasteiger partial charge in [0.15, 0.2) is 0 Å². The largest absolute Gasteiger partial charge is 0.497 e. The van der Waals surface area contributed by atoms with Crippen molar-refractivity contribution in [3.05, 3.63) is 59.9 Å². The summed E-state index contributed by atoms with van der Waals surface area (Å²) in [6, 6.07) is 13.4. The van der Waals surface area contributed by atoms with Gasteiger partial charge >= 0.3 is 0 Å². The van der Waals surface area contributed by atoms with Gasteiger partial charge in [-0.3, -0.25) is 4.79 Å². The van der Waals surface area contributed by atoms with Crippen molar-refractivity contribution in [2.24, 2.45) is 0 Å². The van der Waals surface area contributed by atoms with Crippen molar-refractivity contribution in [1.29, 1.82) is 0 Å². The second kappa shape index (κ2) is 9.55. The van der Waals surface area contributed by atoms with Crippen molar-refractivity contribution in [3.63, 3.8) is 0 Å². The third kappa shape index (κ3) is 6.28. The standard InChI is InChI=1S/C19H22FNO3/c1-23-17-8-4-15(5-9-17)14-19(22)21-12-2-3-13-24-18-10-6-16(20)7-11-18/h4-11H,2-3,12-14H2,1H3,(H,21,22). The number of carbonyl (C=O) groups is 1. The highest BCUT2D eigenvalue weighted by atomic mass is 19.1. The molecule has 0 bridgehead atoms. The molecule has 0 unspecified atom stereocenters. The Bertz CT molecular complexity index is 626. The van der Waals surface area contributed by atoms with E-state index in [1.54, 1.807) is 19.2 Å². The number of amides is 1. The van der Waals surface area contributed by atoms with E-state index in [1.165, 1.54) is 12.1 Å². The fraction of sp³-hybridized carbons (Fsp3) is 0.316. The van der Waals surface area contributed by atoms with E-state index in [2.05, 4.69) is 5.32 Å². The van der Waals surface area contributed by atoms with Gasteiger partial charge in [0.1, 0.15) is 17.3 Å². The lowest BCUT2D eigenvalue weighted by Gasteiger charge is -2.07. The highest BCUT2D eigenvalue weighted by Crippen LogP contribution is 2.12. The number of hydrogen-bond donors (Lipinski definition) is 1.